The van der Waals surface area contributed by atoms with Gasteiger partial charge >= 0.3 is 0 Å². The first-order valence-corrected chi connectivity index (χ1v) is 12.5. The number of ether oxygens (including phenoxy) is 1. The molecule has 0 bridgehead atoms. The number of hydrogen-bond donors (Lipinski definition) is 0. The van der Waals surface area contributed by atoms with Crippen LogP contribution in [0.2, 0.25) is 5.82 Å². The van der Waals surface area contributed by atoms with Crippen molar-refractivity contribution in [3.63, 3.8) is 0 Å². The van der Waals surface area contributed by atoms with E-state index in [-0.39, 0.29) is 11.8 Å². The van der Waals surface area contributed by atoms with Crippen LogP contribution in [-0.4, -0.2) is 38.6 Å². The fourth-order valence-corrected chi connectivity index (χ4v) is 8.09. The van der Waals surface area contributed by atoms with Gasteiger partial charge in [-0.15, -0.1) is 6.08 Å². The van der Waals surface area contributed by atoms with Crippen molar-refractivity contribution in [2.75, 3.05) is 25.6 Å². The Labute approximate surface area is 161 Å². The van der Waals surface area contributed by atoms with Crippen molar-refractivity contribution in [1.82, 2.24) is 0 Å². The average molecular weight is 378 g/mol. The van der Waals surface area contributed by atoms with E-state index in [1.165, 1.54) is 64.1 Å². The Kier molecular flexibility index (Phi) is 11.7. The maximum Gasteiger partial charge on any atom is 0.274 e. The summed E-state index contributed by atoms with van der Waals surface area (Å²) in [5.74, 6) is 0.317. The molecule has 1 unspecified atom stereocenters. The van der Waals surface area contributed by atoms with Gasteiger partial charge in [-0.2, -0.15) is 0 Å². The summed E-state index contributed by atoms with van der Waals surface area (Å²) in [6, 6.07) is 3.76. The summed E-state index contributed by atoms with van der Waals surface area (Å²) in [5.41, 5.74) is 0. The molecule has 0 aliphatic rings. The first-order chi connectivity index (χ1) is 12.6. The van der Waals surface area contributed by atoms with E-state index in [9.17, 15) is 4.79 Å². The predicted molar refractivity (Wildman–Crippen MR) is 116 cm³/mol. The van der Waals surface area contributed by atoms with Crippen LogP contribution in [0.15, 0.2) is 28.9 Å². The molecule has 1 atom stereocenters. The van der Waals surface area contributed by atoms with E-state index in [1.807, 2.05) is 24.3 Å². The number of hydrogen-bond acceptors (Lipinski definition) is 3. The van der Waals surface area contributed by atoms with Crippen LogP contribution in [0.1, 0.15) is 65.1 Å². The van der Waals surface area contributed by atoms with Crippen LogP contribution < -0.4 is 0 Å². The second-order valence-electron chi connectivity index (χ2n) is 7.02. The summed E-state index contributed by atoms with van der Waals surface area (Å²) in [5, 5.41) is 0. The van der Waals surface area contributed by atoms with Gasteiger partial charge in [0.05, 0.1) is 13.4 Å². The Balaban J connectivity index is 3.02. The molecule has 1 rings (SSSR count). The van der Waals surface area contributed by atoms with Gasteiger partial charge in [0.2, 0.25) is 0 Å². The minimum absolute atomic E-state index is 0.165. The lowest BCUT2D eigenvalue weighted by Crippen LogP contribution is -2.23. The van der Waals surface area contributed by atoms with Gasteiger partial charge in [-0.1, -0.05) is 52.8 Å². The molecule has 5 heteroatoms. The van der Waals surface area contributed by atoms with Gasteiger partial charge in [0.15, 0.2) is 0 Å². The quantitative estimate of drug-likeness (QED) is 0.217. The van der Waals surface area contributed by atoms with Crippen molar-refractivity contribution in [3.8, 4) is 0 Å². The lowest BCUT2D eigenvalue weighted by molar-refractivity contribution is -0.139. The summed E-state index contributed by atoms with van der Waals surface area (Å²) < 4.78 is 10.5. The molecule has 3 nitrogen and oxygen atoms in total. The van der Waals surface area contributed by atoms with Crippen molar-refractivity contribution in [2.45, 2.75) is 65.1 Å². The molecule has 26 heavy (non-hydrogen) atoms. The first kappa shape index (κ1) is 23.0. The van der Waals surface area contributed by atoms with Gasteiger partial charge in [-0.3, -0.25) is 4.79 Å². The zero-order chi connectivity index (χ0) is 19.3. The second kappa shape index (κ2) is 13.2. The third kappa shape index (κ3) is 8.12. The molecule has 0 aromatic carbocycles. The highest BCUT2D eigenvalue weighted by atomic mass is 31.2. The Morgan fingerprint density at radius 1 is 1.15 bits per heavy atom. The van der Waals surface area contributed by atoms with E-state index in [0.717, 1.165) is 5.76 Å². The molecule has 0 saturated heterocycles. The molecule has 0 amide bonds. The highest BCUT2D eigenvalue weighted by Crippen LogP contribution is 2.61. The zero-order valence-corrected chi connectivity index (χ0v) is 18.0. The van der Waals surface area contributed by atoms with Gasteiger partial charge in [-0.25, -0.2) is 7.14 Å². The molecule has 1 aromatic heterocycles. The number of unbranched alkanes of at least 4 members (excludes halogenated alkanes) is 3. The van der Waals surface area contributed by atoms with Crippen LogP contribution >= 0.6 is 7.14 Å². The lowest BCUT2D eigenvalue weighted by atomic mass is 9.85. The monoisotopic (exact) mass is 378 g/mol. The molecule has 0 N–H and O–H groups in total. The topological polar surface area (TPSA) is 39.4 Å². The molecule has 0 aliphatic carbocycles. The predicted octanol–water partition coefficient (Wildman–Crippen LogP) is 6.29. The van der Waals surface area contributed by atoms with Gasteiger partial charge in [-0.05, 0) is 37.5 Å². The summed E-state index contributed by atoms with van der Waals surface area (Å²) in [6.07, 6.45) is 16.6. The Bertz CT molecular complexity index is 492. The molecule has 0 saturated carbocycles. The fourth-order valence-electron chi connectivity index (χ4n) is 3.23. The highest BCUT2D eigenvalue weighted by Gasteiger charge is 2.28. The number of carbonyl (C=O) groups excluding carboxylic acids is 1. The van der Waals surface area contributed by atoms with Crippen LogP contribution in [0.4, 0.5) is 0 Å². The van der Waals surface area contributed by atoms with Gasteiger partial charge < -0.3 is 9.15 Å². The summed E-state index contributed by atoms with van der Waals surface area (Å²) >= 11 is 0. The van der Waals surface area contributed by atoms with Crippen LogP contribution in [-0.2, 0) is 9.53 Å². The summed E-state index contributed by atoms with van der Waals surface area (Å²) in [7, 11) is 0.197. The third-order valence-corrected chi connectivity index (χ3v) is 9.41. The van der Waals surface area contributed by atoms with Gasteiger partial charge in [0.1, 0.15) is 5.76 Å². The molecule has 0 aliphatic heterocycles. The highest BCUT2D eigenvalue weighted by molar-refractivity contribution is 8.00. The Morgan fingerprint density at radius 3 is 2.15 bits per heavy atom. The number of rotatable bonds is 14. The average Bonchev–Trinajstić information content (AvgIpc) is 3.18. The molecule has 2 radical (unpaired) electrons. The van der Waals surface area contributed by atoms with Gasteiger partial charge in [0.25, 0.3) is 5.97 Å². The van der Waals surface area contributed by atoms with Gasteiger partial charge in [0, 0.05) is 18.5 Å². The molecule has 1 heterocycles. The molecular weight excluding hydrogens is 342 g/mol. The lowest BCUT2D eigenvalue weighted by Gasteiger charge is -2.42. The number of furan rings is 1. The maximum atomic E-state index is 12.5. The zero-order valence-electron chi connectivity index (χ0n) is 17.1. The minimum atomic E-state index is -1.28. The van der Waals surface area contributed by atoms with Crippen molar-refractivity contribution in [3.05, 3.63) is 30.2 Å². The number of methoxy groups -OCH3 is 1. The molecule has 1 aromatic rings. The molecular formula is C21H36BO3P. The third-order valence-electron chi connectivity index (χ3n) is 4.83. The summed E-state index contributed by atoms with van der Waals surface area (Å²) in [4.78, 5) is 12.5. The molecule has 0 spiro atoms. The van der Waals surface area contributed by atoms with E-state index >= 15 is 0 Å². The fraction of sp³-hybridized carbons (Fsp3) is 0.667. The standard InChI is InChI=1S/C21H36BO3P/c1-5-8-16-26(17-9-6-2,18-10-7-3)22-20(21(23)24-4)14-13-19-12-11-15-25-19/h11-15,20H,5-10,16-18H2,1-4H3/b14-13+. The Hall–Kier alpha value is -1.02. The van der Waals surface area contributed by atoms with E-state index in [1.54, 1.807) is 6.26 Å². The van der Waals surface area contributed by atoms with Crippen molar-refractivity contribution in [1.29, 1.82) is 0 Å². The van der Waals surface area contributed by atoms with E-state index in [4.69, 9.17) is 9.15 Å². The largest absolute Gasteiger partial charge is 0.471 e. The van der Waals surface area contributed by atoms with Crippen LogP contribution in [0, 0.1) is 0 Å². The van der Waals surface area contributed by atoms with E-state index < -0.39 is 7.14 Å². The van der Waals surface area contributed by atoms with Crippen molar-refractivity contribution < 1.29 is 13.9 Å². The smallest absolute Gasteiger partial charge is 0.274 e. The van der Waals surface area contributed by atoms with Crippen molar-refractivity contribution in [2.24, 2.45) is 0 Å². The Morgan fingerprint density at radius 2 is 1.73 bits per heavy atom. The summed E-state index contributed by atoms with van der Waals surface area (Å²) in [6.45, 7) is 9.15. The maximum absolute atomic E-state index is 12.5. The normalized spacial score (nSPS) is 13.2. The van der Waals surface area contributed by atoms with E-state index in [2.05, 4.69) is 27.8 Å². The number of esters is 1. The van der Waals surface area contributed by atoms with Crippen LogP contribution in [0.5, 0.6) is 0 Å². The van der Waals surface area contributed by atoms with Crippen LogP contribution in [0.3, 0.4) is 0 Å². The first-order valence-electron chi connectivity index (χ1n) is 10.1. The molecule has 0 fully saturated rings. The van der Waals surface area contributed by atoms with Crippen molar-refractivity contribution >= 4 is 26.2 Å². The number of carbonyl (C=O) groups is 1. The van der Waals surface area contributed by atoms with E-state index in [0.29, 0.717) is 0 Å². The second-order valence-corrected chi connectivity index (χ2v) is 11.1. The SMILES string of the molecule is CCCC[P+]([B-]C(/C=C/c1ccco1)C(=O)OC)(CCCC)CCCC. The molecule has 146 valence electrons. The van der Waals surface area contributed by atoms with Crippen LogP contribution in [0.25, 0.3) is 6.08 Å². The minimum Gasteiger partial charge on any atom is -0.471 e.